The molecule has 0 amide bonds. The number of phenols is 1. The summed E-state index contributed by atoms with van der Waals surface area (Å²) in [7, 11) is 0. The minimum Gasteiger partial charge on any atom is -0.507 e. The quantitative estimate of drug-likeness (QED) is 0.682. The van der Waals surface area contributed by atoms with Gasteiger partial charge in [-0.1, -0.05) is 60.1 Å². The predicted molar refractivity (Wildman–Crippen MR) is 95.7 cm³/mol. The molecule has 1 N–H and O–H groups in total. The van der Waals surface area contributed by atoms with Crippen molar-refractivity contribution >= 4 is 0 Å². The monoisotopic (exact) mass is 302 g/mol. The molecule has 1 aromatic carbocycles. The van der Waals surface area contributed by atoms with Crippen molar-refractivity contribution in [2.24, 2.45) is 11.3 Å². The van der Waals surface area contributed by atoms with Crippen LogP contribution < -0.4 is 0 Å². The molecule has 22 heavy (non-hydrogen) atoms. The SMILES string of the molecule is CCCc1cc(C2CC(C)CC(C)(C)C2)cc(C(C)C)c1O. The zero-order valence-electron chi connectivity index (χ0n) is 15.4. The van der Waals surface area contributed by atoms with Crippen molar-refractivity contribution in [3.8, 4) is 5.75 Å². The van der Waals surface area contributed by atoms with Crippen molar-refractivity contribution in [1.82, 2.24) is 0 Å². The molecule has 1 heteroatoms. The molecule has 1 fully saturated rings. The van der Waals surface area contributed by atoms with Gasteiger partial charge in [0.25, 0.3) is 0 Å². The van der Waals surface area contributed by atoms with E-state index >= 15 is 0 Å². The lowest BCUT2D eigenvalue weighted by Gasteiger charge is -2.39. The van der Waals surface area contributed by atoms with E-state index in [-0.39, 0.29) is 0 Å². The minimum atomic E-state index is 0.379. The first kappa shape index (κ1) is 17.4. The molecular formula is C21H34O. The smallest absolute Gasteiger partial charge is 0.122 e. The Labute approximate surface area is 137 Å². The highest BCUT2D eigenvalue weighted by Gasteiger charge is 2.33. The molecule has 0 aromatic heterocycles. The summed E-state index contributed by atoms with van der Waals surface area (Å²) in [5.74, 6) is 2.36. The van der Waals surface area contributed by atoms with Crippen LogP contribution in [-0.2, 0) is 6.42 Å². The van der Waals surface area contributed by atoms with Gasteiger partial charge in [0.1, 0.15) is 5.75 Å². The fourth-order valence-electron chi connectivity index (χ4n) is 4.48. The van der Waals surface area contributed by atoms with Crippen molar-refractivity contribution in [2.45, 2.75) is 85.5 Å². The Balaban J connectivity index is 2.41. The van der Waals surface area contributed by atoms with Crippen molar-refractivity contribution in [3.63, 3.8) is 0 Å². The molecule has 1 nitrogen and oxygen atoms in total. The van der Waals surface area contributed by atoms with Crippen LogP contribution >= 0.6 is 0 Å². The van der Waals surface area contributed by atoms with E-state index in [4.69, 9.17) is 0 Å². The summed E-state index contributed by atoms with van der Waals surface area (Å²) in [6.07, 6.45) is 5.95. The first-order valence-corrected chi connectivity index (χ1v) is 9.09. The lowest BCUT2D eigenvalue weighted by molar-refractivity contribution is 0.168. The molecule has 0 spiro atoms. The third kappa shape index (κ3) is 3.86. The Bertz CT molecular complexity index is 513. The predicted octanol–water partition coefficient (Wildman–Crippen LogP) is 6.40. The van der Waals surface area contributed by atoms with Crippen molar-refractivity contribution in [3.05, 3.63) is 28.8 Å². The summed E-state index contributed by atoms with van der Waals surface area (Å²) in [6, 6.07) is 4.58. The van der Waals surface area contributed by atoms with Crippen LogP contribution in [0.1, 0.15) is 95.8 Å². The van der Waals surface area contributed by atoms with Crippen LogP contribution in [0.3, 0.4) is 0 Å². The summed E-state index contributed by atoms with van der Waals surface area (Å²) in [6.45, 7) is 13.8. The minimum absolute atomic E-state index is 0.379. The van der Waals surface area contributed by atoms with E-state index in [1.165, 1.54) is 24.8 Å². The summed E-state index contributed by atoms with van der Waals surface area (Å²) >= 11 is 0. The summed E-state index contributed by atoms with van der Waals surface area (Å²) < 4.78 is 0. The van der Waals surface area contributed by atoms with Gasteiger partial charge in [-0.2, -0.15) is 0 Å². The van der Waals surface area contributed by atoms with Gasteiger partial charge in [0, 0.05) is 0 Å². The van der Waals surface area contributed by atoms with E-state index in [9.17, 15) is 5.11 Å². The third-order valence-corrected chi connectivity index (χ3v) is 5.24. The molecule has 1 aliphatic carbocycles. The largest absolute Gasteiger partial charge is 0.507 e. The van der Waals surface area contributed by atoms with E-state index < -0.39 is 0 Å². The highest BCUT2D eigenvalue weighted by molar-refractivity contribution is 5.46. The maximum atomic E-state index is 10.6. The van der Waals surface area contributed by atoms with Crippen molar-refractivity contribution in [2.75, 3.05) is 0 Å². The molecule has 1 saturated carbocycles. The molecular weight excluding hydrogens is 268 g/mol. The average molecular weight is 303 g/mol. The Morgan fingerprint density at radius 2 is 1.91 bits per heavy atom. The Kier molecular flexibility index (Phi) is 5.25. The van der Waals surface area contributed by atoms with E-state index in [0.717, 1.165) is 29.9 Å². The Morgan fingerprint density at radius 3 is 2.45 bits per heavy atom. The average Bonchev–Trinajstić information content (AvgIpc) is 2.38. The van der Waals surface area contributed by atoms with Gasteiger partial charge in [0.2, 0.25) is 0 Å². The lowest BCUT2D eigenvalue weighted by atomic mass is 9.66. The summed E-state index contributed by atoms with van der Waals surface area (Å²) in [5.41, 5.74) is 4.18. The van der Waals surface area contributed by atoms with E-state index in [1.54, 1.807) is 0 Å². The van der Waals surface area contributed by atoms with Crippen LogP contribution in [0.5, 0.6) is 5.75 Å². The van der Waals surface area contributed by atoms with Crippen LogP contribution in [0.2, 0.25) is 0 Å². The van der Waals surface area contributed by atoms with Gasteiger partial charge in [0.05, 0.1) is 0 Å². The van der Waals surface area contributed by atoms with Crippen LogP contribution in [0, 0.1) is 11.3 Å². The maximum absolute atomic E-state index is 10.6. The van der Waals surface area contributed by atoms with Crippen LogP contribution in [0.15, 0.2) is 12.1 Å². The van der Waals surface area contributed by atoms with Gasteiger partial charge in [-0.3, -0.25) is 0 Å². The van der Waals surface area contributed by atoms with Crippen molar-refractivity contribution in [1.29, 1.82) is 0 Å². The number of aromatic hydroxyl groups is 1. The molecule has 0 aliphatic heterocycles. The number of hydrogen-bond donors (Lipinski definition) is 1. The second kappa shape index (κ2) is 6.64. The number of aryl methyl sites for hydroxylation is 1. The first-order valence-electron chi connectivity index (χ1n) is 9.09. The van der Waals surface area contributed by atoms with Gasteiger partial charge in [-0.25, -0.2) is 0 Å². The molecule has 0 radical (unpaired) electrons. The second-order valence-corrected chi connectivity index (χ2v) is 8.63. The molecule has 0 bridgehead atoms. The molecule has 1 aliphatic rings. The lowest BCUT2D eigenvalue weighted by Crippen LogP contribution is -2.26. The number of rotatable bonds is 4. The van der Waals surface area contributed by atoms with Crippen LogP contribution in [-0.4, -0.2) is 5.11 Å². The highest BCUT2D eigenvalue weighted by Crippen LogP contribution is 2.47. The van der Waals surface area contributed by atoms with E-state index in [2.05, 4.69) is 53.7 Å². The molecule has 0 saturated heterocycles. The zero-order chi connectivity index (χ0) is 16.5. The fraction of sp³-hybridized carbons (Fsp3) is 0.714. The first-order chi connectivity index (χ1) is 10.2. The van der Waals surface area contributed by atoms with Crippen molar-refractivity contribution < 1.29 is 5.11 Å². The zero-order valence-corrected chi connectivity index (χ0v) is 15.4. The number of phenolic OH excluding ortho intramolecular Hbond substituents is 1. The van der Waals surface area contributed by atoms with Crippen LogP contribution in [0.25, 0.3) is 0 Å². The highest BCUT2D eigenvalue weighted by atomic mass is 16.3. The van der Waals surface area contributed by atoms with E-state index in [0.29, 0.717) is 23.0 Å². The Morgan fingerprint density at radius 1 is 1.23 bits per heavy atom. The number of hydrogen-bond acceptors (Lipinski definition) is 1. The molecule has 2 atom stereocenters. The van der Waals surface area contributed by atoms with Crippen LogP contribution in [0.4, 0.5) is 0 Å². The van der Waals surface area contributed by atoms with Gasteiger partial charge in [0.15, 0.2) is 0 Å². The summed E-state index contributed by atoms with van der Waals surface area (Å²) in [4.78, 5) is 0. The fourth-order valence-corrected chi connectivity index (χ4v) is 4.48. The maximum Gasteiger partial charge on any atom is 0.122 e. The molecule has 1 aromatic rings. The van der Waals surface area contributed by atoms with Gasteiger partial charge < -0.3 is 5.11 Å². The van der Waals surface area contributed by atoms with Gasteiger partial charge >= 0.3 is 0 Å². The third-order valence-electron chi connectivity index (χ3n) is 5.24. The standard InChI is InChI=1S/C21H34O/c1-7-8-16-10-17(11-19(14(2)3)20(16)22)18-9-15(4)12-21(5,6)13-18/h10-11,14-15,18,22H,7-9,12-13H2,1-6H3. The molecule has 124 valence electrons. The number of benzene rings is 1. The van der Waals surface area contributed by atoms with E-state index in [1.807, 2.05) is 0 Å². The molecule has 2 rings (SSSR count). The second-order valence-electron chi connectivity index (χ2n) is 8.63. The normalized spacial score (nSPS) is 24.7. The van der Waals surface area contributed by atoms with Gasteiger partial charge in [-0.15, -0.1) is 0 Å². The Hall–Kier alpha value is -0.980. The van der Waals surface area contributed by atoms with Gasteiger partial charge in [-0.05, 0) is 65.5 Å². The molecule has 0 heterocycles. The topological polar surface area (TPSA) is 20.2 Å². The molecule has 2 unspecified atom stereocenters. The summed E-state index contributed by atoms with van der Waals surface area (Å²) in [5, 5.41) is 10.6.